The molecule has 3 rings (SSSR count). The zero-order valence-electron chi connectivity index (χ0n) is 15.5. The maximum atomic E-state index is 13.0. The van der Waals surface area contributed by atoms with Crippen LogP contribution in [-0.2, 0) is 9.53 Å². The summed E-state index contributed by atoms with van der Waals surface area (Å²) < 4.78 is 6.05. The number of aromatic amines is 1. The number of rotatable bonds is 6. The largest absolute Gasteiger partial charge is 0.466 e. The molecule has 0 amide bonds. The van der Waals surface area contributed by atoms with E-state index in [1.54, 1.807) is 6.92 Å². The summed E-state index contributed by atoms with van der Waals surface area (Å²) in [6.45, 7) is 1.70. The molecule has 2 aromatic carbocycles. The molecule has 1 heterocycles. The molecule has 0 aliphatic heterocycles. The standard InChI is InChI=1S/C21H20N4O3/c1-15(13-19(26)28-2)23-20-18(14-22-16-9-5-3-6-10-16)21(27)25(24-20)17-11-7-4-8-12-17/h3-14,23-24H,1-2H3/b15-13-,22-14?. The van der Waals surface area contributed by atoms with E-state index < -0.39 is 5.97 Å². The van der Waals surface area contributed by atoms with E-state index in [0.29, 0.717) is 22.8 Å². The third kappa shape index (κ3) is 4.45. The van der Waals surface area contributed by atoms with Crippen LogP contribution in [0.2, 0.25) is 0 Å². The monoisotopic (exact) mass is 376 g/mol. The number of hydrogen-bond acceptors (Lipinski definition) is 5. The Bertz CT molecular complexity index is 1060. The van der Waals surface area contributed by atoms with Crippen molar-refractivity contribution in [3.05, 3.63) is 88.4 Å². The summed E-state index contributed by atoms with van der Waals surface area (Å²) in [6.07, 6.45) is 2.80. The Balaban J connectivity index is 2.03. The van der Waals surface area contributed by atoms with Crippen molar-refractivity contribution in [3.63, 3.8) is 0 Å². The number of ether oxygens (including phenoxy) is 1. The fourth-order valence-electron chi connectivity index (χ4n) is 2.55. The second kappa shape index (κ2) is 8.68. The van der Waals surface area contributed by atoms with E-state index in [4.69, 9.17) is 0 Å². The van der Waals surface area contributed by atoms with E-state index in [2.05, 4.69) is 20.1 Å². The molecule has 7 heteroatoms. The number of para-hydroxylation sites is 2. The number of allylic oxidation sites excluding steroid dienone is 1. The first-order chi connectivity index (χ1) is 13.6. The van der Waals surface area contributed by atoms with Gasteiger partial charge in [0.25, 0.3) is 5.56 Å². The number of nitrogens with one attached hydrogen (secondary N) is 2. The van der Waals surface area contributed by atoms with Crippen molar-refractivity contribution in [2.75, 3.05) is 12.4 Å². The molecule has 0 aliphatic carbocycles. The molecule has 0 spiro atoms. The second-order valence-electron chi connectivity index (χ2n) is 5.95. The van der Waals surface area contributed by atoms with Crippen molar-refractivity contribution < 1.29 is 9.53 Å². The lowest BCUT2D eigenvalue weighted by Gasteiger charge is -2.05. The lowest BCUT2D eigenvalue weighted by Crippen LogP contribution is -2.17. The normalized spacial score (nSPS) is 11.6. The molecule has 0 bridgehead atoms. The fourth-order valence-corrected chi connectivity index (χ4v) is 2.55. The molecule has 0 unspecified atom stereocenters. The van der Waals surface area contributed by atoms with Gasteiger partial charge >= 0.3 is 5.97 Å². The third-order valence-corrected chi connectivity index (χ3v) is 3.90. The highest BCUT2D eigenvalue weighted by Gasteiger charge is 2.14. The molecule has 2 N–H and O–H groups in total. The lowest BCUT2D eigenvalue weighted by molar-refractivity contribution is -0.134. The van der Waals surface area contributed by atoms with Gasteiger partial charge in [0.2, 0.25) is 0 Å². The average Bonchev–Trinajstić information content (AvgIpc) is 3.02. The first-order valence-corrected chi connectivity index (χ1v) is 8.61. The first kappa shape index (κ1) is 18.9. The van der Waals surface area contributed by atoms with Gasteiger partial charge in [0.05, 0.1) is 18.5 Å². The van der Waals surface area contributed by atoms with Gasteiger partial charge in [-0.25, -0.2) is 9.48 Å². The smallest absolute Gasteiger partial charge is 0.332 e. The Morgan fingerprint density at radius 2 is 1.75 bits per heavy atom. The number of carbonyl (C=O) groups is 1. The number of carbonyl (C=O) groups excluding carboxylic acids is 1. The van der Waals surface area contributed by atoms with E-state index in [9.17, 15) is 9.59 Å². The van der Waals surface area contributed by atoms with Crippen LogP contribution in [-0.4, -0.2) is 29.1 Å². The van der Waals surface area contributed by atoms with E-state index in [1.807, 2.05) is 60.7 Å². The van der Waals surface area contributed by atoms with Crippen molar-refractivity contribution in [2.24, 2.45) is 4.99 Å². The predicted octanol–water partition coefficient (Wildman–Crippen LogP) is 3.40. The van der Waals surface area contributed by atoms with Crippen LogP contribution in [0.15, 0.2) is 82.2 Å². The van der Waals surface area contributed by atoms with E-state index in [0.717, 1.165) is 5.69 Å². The molecule has 0 saturated heterocycles. The number of benzene rings is 2. The summed E-state index contributed by atoms with van der Waals surface area (Å²) in [5.74, 6) is -0.0690. The van der Waals surface area contributed by atoms with Crippen LogP contribution < -0.4 is 10.9 Å². The highest BCUT2D eigenvalue weighted by Crippen LogP contribution is 2.15. The molecule has 0 radical (unpaired) electrons. The van der Waals surface area contributed by atoms with Crippen molar-refractivity contribution in [1.29, 1.82) is 0 Å². The van der Waals surface area contributed by atoms with Crippen LogP contribution in [0.25, 0.3) is 5.69 Å². The molecule has 142 valence electrons. The van der Waals surface area contributed by atoms with Gasteiger partial charge in [-0.1, -0.05) is 36.4 Å². The minimum absolute atomic E-state index is 0.265. The summed E-state index contributed by atoms with van der Waals surface area (Å²) in [5, 5.41) is 6.07. The molecule has 1 aromatic heterocycles. The average molecular weight is 376 g/mol. The molecular formula is C21H20N4O3. The van der Waals surface area contributed by atoms with Gasteiger partial charge in [-0.3, -0.25) is 14.9 Å². The minimum Gasteiger partial charge on any atom is -0.466 e. The zero-order chi connectivity index (χ0) is 19.9. The van der Waals surface area contributed by atoms with Gasteiger partial charge in [0, 0.05) is 18.0 Å². The van der Waals surface area contributed by atoms with Gasteiger partial charge in [0.15, 0.2) is 0 Å². The molecule has 3 aromatic rings. The van der Waals surface area contributed by atoms with Gasteiger partial charge < -0.3 is 10.1 Å². The van der Waals surface area contributed by atoms with Crippen LogP contribution in [0.3, 0.4) is 0 Å². The highest BCUT2D eigenvalue weighted by atomic mass is 16.5. The molecule has 0 atom stereocenters. The SMILES string of the molecule is COC(=O)/C=C(/C)Nc1[nH]n(-c2ccccc2)c(=O)c1C=Nc1ccccc1. The lowest BCUT2D eigenvalue weighted by atomic mass is 10.3. The highest BCUT2D eigenvalue weighted by molar-refractivity contribution is 5.89. The number of methoxy groups -OCH3 is 1. The third-order valence-electron chi connectivity index (χ3n) is 3.90. The molecule has 0 fully saturated rings. The molecule has 0 saturated carbocycles. The number of H-pyrrole nitrogens is 1. The summed E-state index contributed by atoms with van der Waals surface area (Å²) in [7, 11) is 1.30. The number of anilines is 1. The van der Waals surface area contributed by atoms with Crippen molar-refractivity contribution in [3.8, 4) is 5.69 Å². The van der Waals surface area contributed by atoms with Crippen LogP contribution in [0.5, 0.6) is 0 Å². The van der Waals surface area contributed by atoms with E-state index in [1.165, 1.54) is 24.1 Å². The number of esters is 1. The summed E-state index contributed by atoms with van der Waals surface area (Å²) >= 11 is 0. The Morgan fingerprint density at radius 3 is 2.39 bits per heavy atom. The molecule has 7 nitrogen and oxygen atoms in total. The van der Waals surface area contributed by atoms with Crippen LogP contribution in [0, 0.1) is 0 Å². The maximum Gasteiger partial charge on any atom is 0.332 e. The zero-order valence-corrected chi connectivity index (χ0v) is 15.5. The van der Waals surface area contributed by atoms with Crippen LogP contribution in [0.1, 0.15) is 12.5 Å². The van der Waals surface area contributed by atoms with E-state index >= 15 is 0 Å². The Morgan fingerprint density at radius 1 is 1.11 bits per heavy atom. The van der Waals surface area contributed by atoms with E-state index in [-0.39, 0.29) is 5.56 Å². The summed E-state index contributed by atoms with van der Waals surface area (Å²) in [4.78, 5) is 28.8. The quantitative estimate of drug-likeness (QED) is 0.392. The topological polar surface area (TPSA) is 88.5 Å². The predicted molar refractivity (Wildman–Crippen MR) is 109 cm³/mol. The fraction of sp³-hybridized carbons (Fsp3) is 0.0952. The second-order valence-corrected chi connectivity index (χ2v) is 5.95. The van der Waals surface area contributed by atoms with Gasteiger partial charge in [-0.15, -0.1) is 0 Å². The van der Waals surface area contributed by atoms with Crippen molar-refractivity contribution in [2.45, 2.75) is 6.92 Å². The molecule has 0 aliphatic rings. The van der Waals surface area contributed by atoms with Crippen molar-refractivity contribution >= 4 is 23.7 Å². The minimum atomic E-state index is -0.491. The Kier molecular flexibility index (Phi) is 5.86. The Hall–Kier alpha value is -3.87. The van der Waals surface area contributed by atoms with Gasteiger partial charge in [-0.2, -0.15) is 0 Å². The number of aliphatic imine (C=N–C) groups is 1. The number of nitrogens with zero attached hydrogens (tertiary/aromatic N) is 2. The summed E-state index contributed by atoms with van der Waals surface area (Å²) in [6, 6.07) is 18.5. The number of hydrogen-bond donors (Lipinski definition) is 2. The molecule has 28 heavy (non-hydrogen) atoms. The van der Waals surface area contributed by atoms with Crippen LogP contribution in [0.4, 0.5) is 11.5 Å². The Labute approximate surface area is 162 Å². The maximum absolute atomic E-state index is 13.0. The number of aromatic nitrogens is 2. The van der Waals surface area contributed by atoms with Gasteiger partial charge in [0.1, 0.15) is 11.4 Å². The van der Waals surface area contributed by atoms with Crippen molar-refractivity contribution in [1.82, 2.24) is 9.78 Å². The molecular weight excluding hydrogens is 356 g/mol. The van der Waals surface area contributed by atoms with Gasteiger partial charge in [-0.05, 0) is 31.2 Å². The van der Waals surface area contributed by atoms with Crippen LogP contribution >= 0.6 is 0 Å². The first-order valence-electron chi connectivity index (χ1n) is 8.61. The summed E-state index contributed by atoms with van der Waals surface area (Å²) in [5.41, 5.74) is 2.00.